The second-order valence-corrected chi connectivity index (χ2v) is 14.4. The van der Waals surface area contributed by atoms with Gasteiger partial charge in [0, 0.05) is 53.0 Å². The first kappa shape index (κ1) is 50.1. The molecule has 338 valence electrons. The van der Waals surface area contributed by atoms with Gasteiger partial charge in [-0.3, -0.25) is 14.5 Å². The molecule has 2 aromatic heterocycles. The lowest BCUT2D eigenvalue weighted by atomic mass is 9.80. The molecule has 3 aromatic rings. The van der Waals surface area contributed by atoms with E-state index in [0.717, 1.165) is 31.7 Å². The van der Waals surface area contributed by atoms with Crippen molar-refractivity contribution in [2.24, 2.45) is 5.73 Å². The maximum Gasteiger partial charge on any atom is 0.433 e. The molecule has 0 radical (unpaired) electrons. The summed E-state index contributed by atoms with van der Waals surface area (Å²) < 4.78 is 127. The molecule has 0 saturated heterocycles. The van der Waals surface area contributed by atoms with Crippen LogP contribution in [0.15, 0.2) is 36.5 Å². The van der Waals surface area contributed by atoms with Crippen molar-refractivity contribution >= 4 is 29.4 Å². The lowest BCUT2D eigenvalue weighted by Crippen LogP contribution is -2.64. The zero-order valence-electron chi connectivity index (χ0n) is 33.4. The van der Waals surface area contributed by atoms with Crippen molar-refractivity contribution in [3.05, 3.63) is 76.1 Å². The molecule has 61 heavy (non-hydrogen) atoms. The van der Waals surface area contributed by atoms with Crippen LogP contribution in [0.2, 0.25) is 0 Å². The number of nitrogens with zero attached hydrogens (tertiary/aromatic N) is 5. The number of nitrogens with two attached hydrogens (primary N) is 1. The molecule has 0 spiro atoms. The second-order valence-electron chi connectivity index (χ2n) is 14.4. The lowest BCUT2D eigenvalue weighted by molar-refractivity contribution is -0.143. The zero-order chi connectivity index (χ0) is 45.9. The van der Waals surface area contributed by atoms with Gasteiger partial charge in [0.1, 0.15) is 17.2 Å². The van der Waals surface area contributed by atoms with Crippen LogP contribution in [0.1, 0.15) is 110 Å². The lowest BCUT2D eigenvalue weighted by Gasteiger charge is -2.47. The van der Waals surface area contributed by atoms with Gasteiger partial charge in [-0.15, -0.1) is 0 Å². The Hall–Kier alpha value is -5.25. The van der Waals surface area contributed by atoms with Gasteiger partial charge in [0.15, 0.2) is 0 Å². The third-order valence-corrected chi connectivity index (χ3v) is 9.69. The summed E-state index contributed by atoms with van der Waals surface area (Å²) in [4.78, 5) is 47.3. The summed E-state index contributed by atoms with van der Waals surface area (Å²) in [6.45, 7) is 2.86. The van der Waals surface area contributed by atoms with Crippen molar-refractivity contribution in [2.45, 2.75) is 108 Å². The summed E-state index contributed by atoms with van der Waals surface area (Å²) in [5, 5.41) is 26.9. The number of benzene rings is 1. The number of unbranched alkanes of at least 4 members (excludes halogenated alkanes) is 4. The third-order valence-electron chi connectivity index (χ3n) is 9.69. The van der Waals surface area contributed by atoms with Gasteiger partial charge in [-0.2, -0.15) is 39.5 Å². The second kappa shape index (κ2) is 21.0. The molecular weight excluding hydrogens is 835 g/mol. The van der Waals surface area contributed by atoms with E-state index in [1.54, 1.807) is 0 Å². The van der Waals surface area contributed by atoms with E-state index in [1.165, 1.54) is 32.1 Å². The summed E-state index contributed by atoms with van der Waals surface area (Å²) in [5.74, 6) is -2.89. The number of halogens is 9. The van der Waals surface area contributed by atoms with E-state index in [4.69, 9.17) is 20.7 Å². The van der Waals surface area contributed by atoms with Crippen molar-refractivity contribution in [1.82, 2.24) is 15.0 Å². The predicted molar refractivity (Wildman–Crippen MR) is 202 cm³/mol. The summed E-state index contributed by atoms with van der Waals surface area (Å²) in [6.07, 6.45) is -11.0. The summed E-state index contributed by atoms with van der Waals surface area (Å²) >= 11 is 0. The van der Waals surface area contributed by atoms with Gasteiger partial charge in [0.05, 0.1) is 46.0 Å². The van der Waals surface area contributed by atoms with Crippen LogP contribution in [0, 0.1) is 0 Å². The van der Waals surface area contributed by atoms with E-state index in [-0.39, 0.29) is 65.9 Å². The van der Waals surface area contributed by atoms with Gasteiger partial charge in [0.25, 0.3) is 0 Å². The number of fused-ring (bicyclic) bond motifs is 1. The van der Waals surface area contributed by atoms with E-state index in [0.29, 0.717) is 49.2 Å². The largest absolute Gasteiger partial charge is 0.481 e. The van der Waals surface area contributed by atoms with Crippen molar-refractivity contribution < 1.29 is 74.0 Å². The Morgan fingerprint density at radius 2 is 1.36 bits per heavy atom. The quantitative estimate of drug-likeness (QED) is 0.0746. The summed E-state index contributed by atoms with van der Waals surface area (Å²) in [5.41, 5.74) is -0.197. The van der Waals surface area contributed by atoms with Crippen molar-refractivity contribution in [3.8, 4) is 0 Å². The Balaban J connectivity index is 0.000000493. The Morgan fingerprint density at radius 3 is 1.80 bits per heavy atom. The third kappa shape index (κ3) is 14.2. The Bertz CT molecular complexity index is 1920. The first-order chi connectivity index (χ1) is 28.3. The molecule has 0 bridgehead atoms. The minimum absolute atomic E-state index is 0.00600. The number of amides is 1. The number of carbonyl (C=O) groups is 3. The molecule has 1 aromatic carbocycles. The molecule has 4 rings (SSSR count). The number of pyridine rings is 1. The number of hydrogen-bond acceptors (Lipinski definition) is 9. The van der Waals surface area contributed by atoms with Crippen LogP contribution in [-0.4, -0.2) is 81.3 Å². The highest BCUT2D eigenvalue weighted by molar-refractivity contribution is 5.89. The molecular formula is C39H47F9N6O7. The normalized spacial score (nSPS) is 16.7. The number of aromatic nitrogens is 3. The molecule has 22 heteroatoms. The van der Waals surface area contributed by atoms with Gasteiger partial charge in [-0.1, -0.05) is 19.8 Å². The first-order valence-electron chi connectivity index (χ1n) is 19.0. The Kier molecular flexibility index (Phi) is 17.3. The standard InChI is InChI=1S/C27H25F9N6O2.C12H22O5/c1-4-24(37)16(11-18-19(42(24)23(43)44)5-6-21(39-18)27(34,35)36)22-38-12-20(41(2)3)17(40-22)9-13-7-14(25(28,29)30)10-15(8-13)26(31,32)33;13-11(14)7-3-1-5-9-17-10-6-2-4-8-12(15)16/h5-8,10,12,16H,4,9,11,37H2,1-3H3,(H,43,44);1-10H2,(H,13,14)(H,15,16). The van der Waals surface area contributed by atoms with Gasteiger partial charge in [0.2, 0.25) is 0 Å². The number of rotatable bonds is 17. The highest BCUT2D eigenvalue weighted by atomic mass is 19.4. The topological polar surface area (TPSA) is 192 Å². The number of aliphatic carboxylic acids is 2. The number of anilines is 2. The molecule has 1 aliphatic heterocycles. The van der Waals surface area contributed by atoms with Crippen LogP contribution in [0.4, 0.5) is 55.7 Å². The van der Waals surface area contributed by atoms with Gasteiger partial charge in [-0.05, 0) is 68.0 Å². The van der Waals surface area contributed by atoms with Gasteiger partial charge < -0.3 is 30.7 Å². The van der Waals surface area contributed by atoms with E-state index >= 15 is 0 Å². The fraction of sp³-hybridized carbons (Fsp3) is 0.538. The maximum atomic E-state index is 13.5. The first-order valence-corrected chi connectivity index (χ1v) is 19.0. The molecule has 2 unspecified atom stereocenters. The molecule has 0 saturated carbocycles. The van der Waals surface area contributed by atoms with Gasteiger partial charge in [-0.25, -0.2) is 19.7 Å². The molecule has 2 atom stereocenters. The maximum absolute atomic E-state index is 13.5. The summed E-state index contributed by atoms with van der Waals surface area (Å²) in [7, 11) is 3.06. The van der Waals surface area contributed by atoms with Crippen LogP contribution < -0.4 is 15.5 Å². The smallest absolute Gasteiger partial charge is 0.433 e. The summed E-state index contributed by atoms with van der Waals surface area (Å²) in [6, 6.07) is 2.67. The number of ether oxygens (including phenoxy) is 1. The molecule has 3 heterocycles. The van der Waals surface area contributed by atoms with Crippen molar-refractivity contribution in [1.29, 1.82) is 0 Å². The molecule has 1 amide bonds. The highest BCUT2D eigenvalue weighted by Gasteiger charge is 2.50. The van der Waals surface area contributed by atoms with Crippen molar-refractivity contribution in [3.63, 3.8) is 0 Å². The van der Waals surface area contributed by atoms with E-state index in [2.05, 4.69) is 15.0 Å². The average molecular weight is 883 g/mol. The number of alkyl halides is 9. The zero-order valence-corrected chi connectivity index (χ0v) is 33.4. The number of hydrogen-bond donors (Lipinski definition) is 4. The predicted octanol–water partition coefficient (Wildman–Crippen LogP) is 8.77. The molecule has 0 fully saturated rings. The minimum Gasteiger partial charge on any atom is -0.481 e. The number of carboxylic acids is 2. The van der Waals surface area contributed by atoms with Crippen LogP contribution in [0.5, 0.6) is 0 Å². The van der Waals surface area contributed by atoms with Gasteiger partial charge >= 0.3 is 36.6 Å². The van der Waals surface area contributed by atoms with E-state index in [1.807, 2.05) is 0 Å². The van der Waals surface area contributed by atoms with E-state index in [9.17, 15) is 59.0 Å². The van der Waals surface area contributed by atoms with E-state index < -0.39 is 71.4 Å². The molecule has 1 aliphatic rings. The SMILES string of the molecule is CCC1(N)C(c2ncc(N(C)C)c(Cc3cc(C(F)(F)F)cc(C(F)(F)F)c3)n2)Cc2nc(C(F)(F)F)ccc2N1C(=O)O.O=C(O)CCCCCOCCCCCC(=O)O. The van der Waals surface area contributed by atoms with Crippen LogP contribution in [0.3, 0.4) is 0 Å². The van der Waals surface area contributed by atoms with Crippen LogP contribution in [-0.2, 0) is 45.7 Å². The average Bonchev–Trinajstić information content (AvgIpc) is 3.15. The fourth-order valence-corrected chi connectivity index (χ4v) is 6.59. The molecule has 13 nitrogen and oxygen atoms in total. The Morgan fingerprint density at radius 1 is 0.820 bits per heavy atom. The van der Waals surface area contributed by atoms with Crippen LogP contribution in [0.25, 0.3) is 0 Å². The highest BCUT2D eigenvalue weighted by Crippen LogP contribution is 2.45. The minimum atomic E-state index is -5.09. The Labute approximate surface area is 344 Å². The monoisotopic (exact) mass is 882 g/mol. The molecule has 0 aliphatic carbocycles. The fourth-order valence-electron chi connectivity index (χ4n) is 6.59. The number of carboxylic acid groups (broad SMARTS) is 3. The molecule has 5 N–H and O–H groups in total. The van der Waals surface area contributed by atoms with Crippen LogP contribution >= 0.6 is 0 Å². The van der Waals surface area contributed by atoms with Crippen molar-refractivity contribution in [2.75, 3.05) is 37.1 Å².